The number of carbonyl (C=O) groups excluding carboxylic acids is 2. The molecule has 2 aliphatic rings. The van der Waals surface area contributed by atoms with Crippen LogP contribution in [0.15, 0.2) is 36.0 Å². The van der Waals surface area contributed by atoms with Crippen LogP contribution in [0.4, 0.5) is 0 Å². The van der Waals surface area contributed by atoms with Crippen LogP contribution in [-0.4, -0.2) is 80.3 Å². The number of rotatable bonds is 14. The number of epoxide rings is 1. The Bertz CT molecular complexity index is 818. The van der Waals surface area contributed by atoms with E-state index in [1.807, 2.05) is 6.92 Å². The van der Waals surface area contributed by atoms with Gasteiger partial charge in [-0.05, 0) is 69.4 Å². The van der Waals surface area contributed by atoms with Crippen molar-refractivity contribution in [2.45, 2.75) is 111 Å². The van der Waals surface area contributed by atoms with E-state index in [-0.39, 0.29) is 31.0 Å². The van der Waals surface area contributed by atoms with E-state index in [0.29, 0.717) is 62.4 Å². The van der Waals surface area contributed by atoms with Crippen molar-refractivity contribution in [3.8, 4) is 0 Å². The van der Waals surface area contributed by atoms with Gasteiger partial charge in [-0.2, -0.15) is 0 Å². The number of hydrogen-bond acceptors (Lipinski definition) is 8. The van der Waals surface area contributed by atoms with Gasteiger partial charge in [-0.3, -0.25) is 9.59 Å². The molecule has 1 amide bonds. The summed E-state index contributed by atoms with van der Waals surface area (Å²) in [4.78, 5) is 22.1. The average Bonchev–Trinajstić information content (AvgIpc) is 3.74. The summed E-state index contributed by atoms with van der Waals surface area (Å²) < 4.78 is 11.7. The number of allylic oxidation sites excluding steroid dienone is 4. The van der Waals surface area contributed by atoms with Gasteiger partial charge in [0, 0.05) is 25.6 Å². The van der Waals surface area contributed by atoms with Crippen molar-refractivity contribution in [1.29, 1.82) is 0 Å². The molecule has 2 heterocycles. The molecule has 9 heteroatoms. The molecule has 43 heavy (non-hydrogen) atoms. The first-order chi connectivity index (χ1) is 20.6. The smallest absolute Gasteiger partial charge is 0.309 e. The van der Waals surface area contributed by atoms with Gasteiger partial charge in [0.15, 0.2) is 0 Å². The molecule has 2 aliphatic heterocycles. The molecule has 0 aliphatic carbocycles. The predicted molar refractivity (Wildman–Crippen MR) is 175 cm³/mol. The third kappa shape index (κ3) is 19.8. The molecule has 8 atom stereocenters. The molecule has 0 aromatic heterocycles. The second kappa shape index (κ2) is 25.3. The lowest BCUT2D eigenvalue weighted by atomic mass is 9.93. The fraction of sp³-hybridized carbons (Fsp3) is 0.765. The summed E-state index contributed by atoms with van der Waals surface area (Å²) in [5, 5.41) is 23.8. The van der Waals surface area contributed by atoms with Crippen molar-refractivity contribution in [2.75, 3.05) is 33.3 Å². The maximum absolute atomic E-state index is 12.4. The number of cyclic esters (lactones) is 1. The van der Waals surface area contributed by atoms with Gasteiger partial charge in [-0.1, -0.05) is 71.4 Å². The van der Waals surface area contributed by atoms with Crippen LogP contribution in [0.2, 0.25) is 0 Å². The maximum Gasteiger partial charge on any atom is 0.309 e. The number of nitrogens with one attached hydrogen (secondary N) is 2. The van der Waals surface area contributed by atoms with Crippen molar-refractivity contribution >= 4 is 12.4 Å². The van der Waals surface area contributed by atoms with Crippen LogP contribution in [0, 0.1) is 23.7 Å². The van der Waals surface area contributed by atoms with E-state index in [4.69, 9.17) is 14.6 Å². The molecule has 0 bridgehead atoms. The Morgan fingerprint density at radius 2 is 1.91 bits per heavy atom. The minimum absolute atomic E-state index is 0.0683. The molecule has 0 aromatic rings. The number of hydrogen-bond donors (Lipinski definition) is 5. The van der Waals surface area contributed by atoms with Crippen molar-refractivity contribution in [1.82, 2.24) is 10.6 Å². The zero-order valence-electron chi connectivity index (χ0n) is 28.0. The fourth-order valence-corrected chi connectivity index (χ4v) is 5.15. The van der Waals surface area contributed by atoms with E-state index in [0.717, 1.165) is 24.8 Å². The van der Waals surface area contributed by atoms with Gasteiger partial charge in [0.1, 0.15) is 6.10 Å². The summed E-state index contributed by atoms with van der Waals surface area (Å²) in [7, 11) is 1.50. The van der Waals surface area contributed by atoms with Crippen LogP contribution in [0.3, 0.4) is 0 Å². The van der Waals surface area contributed by atoms with Gasteiger partial charge in [0.05, 0.1) is 31.3 Å². The van der Waals surface area contributed by atoms with Crippen LogP contribution >= 0.6 is 0 Å². The minimum atomic E-state index is -0.622. The van der Waals surface area contributed by atoms with Crippen LogP contribution in [0.25, 0.3) is 0 Å². The second-order valence-electron chi connectivity index (χ2n) is 11.9. The Labute approximate surface area is 261 Å². The largest absolute Gasteiger partial charge is 0.457 e. The summed E-state index contributed by atoms with van der Waals surface area (Å²) in [6.07, 6.45) is 17.4. The number of esters is 1. The van der Waals surface area contributed by atoms with Gasteiger partial charge in [-0.25, -0.2) is 0 Å². The lowest BCUT2D eigenvalue weighted by Gasteiger charge is -2.24. The first-order valence-corrected chi connectivity index (χ1v) is 16.2. The molecule has 1 fully saturated rings. The molecule has 1 saturated heterocycles. The monoisotopic (exact) mass is 609 g/mol. The first-order valence-electron chi connectivity index (χ1n) is 16.2. The van der Waals surface area contributed by atoms with Crippen molar-refractivity contribution in [3.63, 3.8) is 0 Å². The third-order valence-electron chi connectivity index (χ3n) is 7.71. The molecule has 7 unspecified atom stereocenters. The van der Waals surface area contributed by atoms with E-state index in [1.54, 1.807) is 0 Å². The molecule has 9 nitrogen and oxygen atoms in total. The lowest BCUT2D eigenvalue weighted by Crippen LogP contribution is -2.28. The molecule has 0 radical (unpaired) electrons. The predicted octanol–water partition coefficient (Wildman–Crippen LogP) is 4.28. The van der Waals surface area contributed by atoms with Gasteiger partial charge >= 0.3 is 5.97 Å². The van der Waals surface area contributed by atoms with Gasteiger partial charge in [-0.15, -0.1) is 0 Å². The second-order valence-corrected chi connectivity index (χ2v) is 11.9. The Morgan fingerprint density at radius 3 is 2.56 bits per heavy atom. The SMILES string of the molecule is CCCC(C)C1OC1CC(C)/C=C/C=C(\C)[C@H]1OC(=O)CC(O)CCC(C)C/C=C/C1C.CN.O=CNCCNCCO. The summed E-state index contributed by atoms with van der Waals surface area (Å²) in [6, 6.07) is 0. The lowest BCUT2D eigenvalue weighted by molar-refractivity contribution is -0.151. The van der Waals surface area contributed by atoms with Gasteiger partial charge < -0.3 is 36.1 Å². The Balaban J connectivity index is 0.00000137. The normalized spacial score (nSPS) is 28.4. The average molecular weight is 610 g/mol. The molecular weight excluding hydrogens is 546 g/mol. The van der Waals surface area contributed by atoms with Crippen LogP contribution in [0.1, 0.15) is 86.5 Å². The molecule has 250 valence electrons. The topological polar surface area (TPSA) is 146 Å². The fourth-order valence-electron chi connectivity index (χ4n) is 5.15. The Hall–Kier alpha value is -2.04. The number of nitrogens with two attached hydrogens (primary N) is 1. The molecular formula is C34H63N3O6. The minimum Gasteiger partial charge on any atom is -0.457 e. The Kier molecular flexibility index (Phi) is 24.1. The van der Waals surface area contributed by atoms with E-state index in [2.05, 4.69) is 81.4 Å². The van der Waals surface area contributed by atoms with Crippen molar-refractivity contribution in [3.05, 3.63) is 36.0 Å². The molecule has 6 N–H and O–H groups in total. The van der Waals surface area contributed by atoms with Gasteiger partial charge in [0.2, 0.25) is 6.41 Å². The zero-order valence-corrected chi connectivity index (χ0v) is 28.0. The summed E-state index contributed by atoms with van der Waals surface area (Å²) >= 11 is 0. The highest BCUT2D eigenvalue weighted by Gasteiger charge is 2.42. The van der Waals surface area contributed by atoms with E-state index in [9.17, 15) is 14.7 Å². The molecule has 0 spiro atoms. The number of amides is 1. The van der Waals surface area contributed by atoms with Crippen molar-refractivity contribution in [2.24, 2.45) is 29.4 Å². The molecule has 0 aromatic carbocycles. The molecule has 0 saturated carbocycles. The van der Waals surface area contributed by atoms with Crippen LogP contribution in [-0.2, 0) is 19.1 Å². The highest BCUT2D eigenvalue weighted by atomic mass is 16.6. The van der Waals surface area contributed by atoms with Gasteiger partial charge in [0.25, 0.3) is 0 Å². The summed E-state index contributed by atoms with van der Waals surface area (Å²) in [5.41, 5.74) is 5.52. The van der Waals surface area contributed by atoms with Crippen molar-refractivity contribution < 1.29 is 29.3 Å². The quantitative estimate of drug-likeness (QED) is 0.0490. The summed E-state index contributed by atoms with van der Waals surface area (Å²) in [6.45, 7) is 15.1. The number of carbonyl (C=O) groups is 2. The number of ether oxygens (including phenoxy) is 2. The zero-order chi connectivity index (χ0) is 32.6. The number of aliphatic hydroxyl groups is 2. The van der Waals surface area contributed by atoms with E-state index >= 15 is 0 Å². The standard InChI is InChI=1S/C28H46O4.C5H12N2O2.CH5N/c1-7-10-21(4)28-25(31-28)17-20(3)12-9-14-23(6)27-22(5)13-8-11-19(2)15-16-24(29)18-26(30)32-27;8-4-3-6-1-2-7-5-9;1-2/h8-9,12-14,19-22,24-25,27-29H,7,10-11,15-18H2,1-6H3;5-6,8H,1-4H2,(H,7,9);2H2,1H3/b12-9+,13-8+,23-14+;;/t19?,20?,21?,22?,24?,25?,27-,28?;;/m0../s1. The Morgan fingerprint density at radius 1 is 1.19 bits per heavy atom. The first kappa shape index (κ1) is 41.0. The highest BCUT2D eigenvalue weighted by Crippen LogP contribution is 2.36. The van der Waals surface area contributed by atoms with E-state index in [1.165, 1.54) is 19.9 Å². The maximum atomic E-state index is 12.4. The summed E-state index contributed by atoms with van der Waals surface area (Å²) in [5.74, 6) is 1.36. The molecule has 2 rings (SSSR count). The third-order valence-corrected chi connectivity index (χ3v) is 7.71. The van der Waals surface area contributed by atoms with Crippen LogP contribution < -0.4 is 16.4 Å². The van der Waals surface area contributed by atoms with E-state index < -0.39 is 6.10 Å². The van der Waals surface area contributed by atoms with Crippen LogP contribution in [0.5, 0.6) is 0 Å². The highest BCUT2D eigenvalue weighted by molar-refractivity contribution is 5.70. The number of aliphatic hydroxyl groups excluding tert-OH is 2.